The zero-order valence-electron chi connectivity index (χ0n) is 16.2. The van der Waals surface area contributed by atoms with Gasteiger partial charge in [0.1, 0.15) is 34.3 Å². The van der Waals surface area contributed by atoms with Gasteiger partial charge in [0.25, 0.3) is 0 Å². The minimum Gasteiger partial charge on any atom is -0.453 e. The van der Waals surface area contributed by atoms with E-state index in [9.17, 15) is 39.5 Å². The Balaban J connectivity index is 2.32. The van der Waals surface area contributed by atoms with Crippen molar-refractivity contribution in [3.05, 3.63) is 70.8 Å². The maximum atomic E-state index is 15.1. The van der Waals surface area contributed by atoms with Crippen molar-refractivity contribution in [2.75, 3.05) is 11.5 Å². The number of anilines is 2. The fraction of sp³-hybridized carbons (Fsp3) is 0.100. The van der Waals surface area contributed by atoms with Gasteiger partial charge < -0.3 is 20.9 Å². The number of ether oxygens (including phenoxy) is 2. The van der Waals surface area contributed by atoms with Crippen molar-refractivity contribution in [3.63, 3.8) is 0 Å². The van der Waals surface area contributed by atoms with Gasteiger partial charge in [-0.25, -0.2) is 13.2 Å². The van der Waals surface area contributed by atoms with E-state index in [1.54, 1.807) is 0 Å². The van der Waals surface area contributed by atoms with Crippen LogP contribution in [0.15, 0.2) is 36.4 Å². The predicted octanol–water partition coefficient (Wildman–Crippen LogP) is 7.03. The number of halogens is 10. The average Bonchev–Trinajstić information content (AvgIpc) is 2.69. The second kappa shape index (κ2) is 8.50. The van der Waals surface area contributed by atoms with Crippen LogP contribution < -0.4 is 20.9 Å². The van der Waals surface area contributed by atoms with E-state index in [-0.39, 0.29) is 0 Å². The van der Waals surface area contributed by atoms with Crippen molar-refractivity contribution >= 4 is 11.4 Å². The van der Waals surface area contributed by atoms with E-state index in [0.717, 1.165) is 0 Å². The first-order chi connectivity index (χ1) is 15.6. The first kappa shape index (κ1) is 24.8. The van der Waals surface area contributed by atoms with Crippen molar-refractivity contribution in [1.29, 1.82) is 0 Å². The van der Waals surface area contributed by atoms with Gasteiger partial charge in [-0.3, -0.25) is 0 Å². The molecule has 0 unspecified atom stereocenters. The molecule has 3 rings (SSSR count). The van der Waals surface area contributed by atoms with Crippen LogP contribution in [-0.4, -0.2) is 0 Å². The summed E-state index contributed by atoms with van der Waals surface area (Å²) in [6.07, 6.45) is -11.8. The average molecular weight is 500 g/mol. The molecule has 0 spiro atoms. The highest BCUT2D eigenvalue weighted by atomic mass is 19.4. The number of rotatable bonds is 4. The Hall–Kier alpha value is -3.84. The molecule has 34 heavy (non-hydrogen) atoms. The third kappa shape index (κ3) is 4.75. The van der Waals surface area contributed by atoms with Crippen molar-refractivity contribution in [2.45, 2.75) is 12.4 Å². The molecule has 0 heterocycles. The van der Waals surface area contributed by atoms with E-state index in [2.05, 4.69) is 9.47 Å². The Kier molecular flexibility index (Phi) is 6.20. The quantitative estimate of drug-likeness (QED) is 0.298. The largest absolute Gasteiger partial charge is 0.453 e. The van der Waals surface area contributed by atoms with Gasteiger partial charge in [-0.1, -0.05) is 0 Å². The lowest BCUT2D eigenvalue weighted by molar-refractivity contribution is -0.149. The molecule has 0 atom stereocenters. The number of alkyl halides is 6. The molecule has 0 aromatic heterocycles. The van der Waals surface area contributed by atoms with Crippen molar-refractivity contribution in [3.8, 4) is 23.0 Å². The van der Waals surface area contributed by atoms with Crippen LogP contribution in [0, 0.1) is 23.3 Å². The fourth-order valence-corrected chi connectivity index (χ4v) is 2.75. The second-order valence-electron chi connectivity index (χ2n) is 6.60. The summed E-state index contributed by atoms with van der Waals surface area (Å²) in [5.41, 5.74) is 3.66. The standard InChI is InChI=1S/C20H10F10N2O2/c21-9-3-1-7(5-11(9)31)33-17-13(19(25,26)27)15(23)14(20(28,29)30)18(16(17)24)34-8-2-4-10(22)12(32)6-8/h1-6H,31-32H2. The van der Waals surface area contributed by atoms with Gasteiger partial charge in [0, 0.05) is 12.1 Å². The Morgan fingerprint density at radius 1 is 0.559 bits per heavy atom. The summed E-state index contributed by atoms with van der Waals surface area (Å²) in [5, 5.41) is 0. The van der Waals surface area contributed by atoms with Gasteiger partial charge in [-0.15, -0.1) is 0 Å². The monoisotopic (exact) mass is 500 g/mol. The minimum atomic E-state index is -5.88. The highest BCUT2D eigenvalue weighted by Crippen LogP contribution is 2.51. The lowest BCUT2D eigenvalue weighted by Gasteiger charge is -2.22. The Morgan fingerprint density at radius 3 is 1.21 bits per heavy atom. The number of hydrogen-bond acceptors (Lipinski definition) is 4. The summed E-state index contributed by atoms with van der Waals surface area (Å²) in [6.45, 7) is 0. The fourth-order valence-electron chi connectivity index (χ4n) is 2.75. The van der Waals surface area contributed by atoms with Crippen molar-refractivity contribution in [1.82, 2.24) is 0 Å². The molecule has 0 radical (unpaired) electrons. The third-order valence-electron chi connectivity index (χ3n) is 4.23. The van der Waals surface area contributed by atoms with Crippen molar-refractivity contribution < 1.29 is 53.4 Å². The molecule has 0 aliphatic heterocycles. The normalized spacial score (nSPS) is 12.1. The van der Waals surface area contributed by atoms with E-state index in [4.69, 9.17) is 11.5 Å². The zero-order chi connectivity index (χ0) is 25.6. The molecular formula is C20H10F10N2O2. The van der Waals surface area contributed by atoms with Crippen LogP contribution in [-0.2, 0) is 12.4 Å². The summed E-state index contributed by atoms with van der Waals surface area (Å²) in [7, 11) is 0. The van der Waals surface area contributed by atoms with Crippen LogP contribution in [0.1, 0.15) is 11.1 Å². The maximum Gasteiger partial charge on any atom is 0.422 e. The van der Waals surface area contributed by atoms with E-state index >= 15 is 4.39 Å². The van der Waals surface area contributed by atoms with E-state index in [1.807, 2.05) is 0 Å². The van der Waals surface area contributed by atoms with Gasteiger partial charge in [0.2, 0.25) is 5.82 Å². The smallest absolute Gasteiger partial charge is 0.422 e. The molecule has 3 aromatic carbocycles. The molecule has 0 aliphatic carbocycles. The zero-order valence-corrected chi connectivity index (χ0v) is 16.2. The predicted molar refractivity (Wildman–Crippen MR) is 98.1 cm³/mol. The van der Waals surface area contributed by atoms with Crippen LogP contribution in [0.2, 0.25) is 0 Å². The van der Waals surface area contributed by atoms with E-state index < -0.39 is 81.1 Å². The molecule has 0 saturated heterocycles. The molecule has 4 N–H and O–H groups in total. The summed E-state index contributed by atoms with van der Waals surface area (Å²) in [4.78, 5) is 0. The minimum absolute atomic E-state index is 0.589. The third-order valence-corrected chi connectivity index (χ3v) is 4.23. The molecule has 182 valence electrons. The summed E-state index contributed by atoms with van der Waals surface area (Å²) >= 11 is 0. The Morgan fingerprint density at radius 2 is 0.912 bits per heavy atom. The molecule has 0 amide bonds. The lowest BCUT2D eigenvalue weighted by Crippen LogP contribution is -2.19. The van der Waals surface area contributed by atoms with Gasteiger partial charge in [-0.2, -0.15) is 30.7 Å². The number of benzene rings is 3. The number of nitrogens with two attached hydrogens (primary N) is 2. The first-order valence-electron chi connectivity index (χ1n) is 8.76. The topological polar surface area (TPSA) is 70.5 Å². The molecule has 14 heteroatoms. The van der Waals surface area contributed by atoms with E-state index in [0.29, 0.717) is 36.4 Å². The Bertz CT molecular complexity index is 1160. The molecule has 0 fully saturated rings. The van der Waals surface area contributed by atoms with Gasteiger partial charge in [0.05, 0.1) is 11.4 Å². The number of nitrogen functional groups attached to an aromatic ring is 2. The summed E-state index contributed by atoms with van der Waals surface area (Å²) in [6, 6.07) is 3.73. The summed E-state index contributed by atoms with van der Waals surface area (Å²) in [5.74, 6) is -13.1. The second-order valence-corrected chi connectivity index (χ2v) is 6.60. The molecule has 0 aliphatic rings. The SMILES string of the molecule is Nc1cc(Oc2c(F)c(Oc3ccc(F)c(N)c3)c(C(F)(F)F)c(F)c2C(F)(F)F)ccc1F. The van der Waals surface area contributed by atoms with Crippen LogP contribution in [0.4, 0.5) is 55.3 Å². The highest BCUT2D eigenvalue weighted by molar-refractivity contribution is 5.56. The summed E-state index contributed by atoms with van der Waals surface area (Å²) < 4.78 is 147. The molecular weight excluding hydrogens is 490 g/mol. The van der Waals surface area contributed by atoms with Gasteiger partial charge >= 0.3 is 12.4 Å². The van der Waals surface area contributed by atoms with Crippen molar-refractivity contribution in [2.24, 2.45) is 0 Å². The number of hydrogen-bond donors (Lipinski definition) is 2. The highest BCUT2D eigenvalue weighted by Gasteiger charge is 2.49. The maximum absolute atomic E-state index is 15.1. The van der Waals surface area contributed by atoms with Gasteiger partial charge in [0.15, 0.2) is 17.3 Å². The first-order valence-corrected chi connectivity index (χ1v) is 8.76. The molecule has 4 nitrogen and oxygen atoms in total. The van der Waals surface area contributed by atoms with Crippen LogP contribution >= 0.6 is 0 Å². The van der Waals surface area contributed by atoms with Gasteiger partial charge in [-0.05, 0) is 24.3 Å². The van der Waals surface area contributed by atoms with Crippen LogP contribution in [0.5, 0.6) is 23.0 Å². The Labute approximate surface area is 183 Å². The lowest BCUT2D eigenvalue weighted by atomic mass is 10.0. The molecule has 0 bridgehead atoms. The molecule has 3 aromatic rings. The van der Waals surface area contributed by atoms with Crippen LogP contribution in [0.25, 0.3) is 0 Å². The van der Waals surface area contributed by atoms with Crippen LogP contribution in [0.3, 0.4) is 0 Å². The van der Waals surface area contributed by atoms with E-state index in [1.165, 1.54) is 0 Å². The molecule has 0 saturated carbocycles.